The first kappa shape index (κ1) is 14.8. The summed E-state index contributed by atoms with van der Waals surface area (Å²) in [5.41, 5.74) is 3.24. The summed E-state index contributed by atoms with van der Waals surface area (Å²) in [6.07, 6.45) is 7.46. The lowest BCUT2D eigenvalue weighted by molar-refractivity contribution is 0.632. The Hall–Kier alpha value is -2.09. The van der Waals surface area contributed by atoms with Crippen LogP contribution in [-0.2, 0) is 6.42 Å². The number of rotatable bonds is 6. The Morgan fingerprint density at radius 1 is 0.864 bits per heavy atom. The van der Waals surface area contributed by atoms with Crippen molar-refractivity contribution in [2.75, 3.05) is 0 Å². The summed E-state index contributed by atoms with van der Waals surface area (Å²) < 4.78 is 0. The van der Waals surface area contributed by atoms with E-state index in [4.69, 9.17) is 0 Å². The van der Waals surface area contributed by atoms with Gasteiger partial charge in [-0.3, -0.25) is 4.79 Å². The summed E-state index contributed by atoms with van der Waals surface area (Å²) in [7, 11) is 0. The number of fused-ring (bicyclic) bond motifs is 2. The highest BCUT2D eigenvalue weighted by atomic mass is 16.1. The van der Waals surface area contributed by atoms with Gasteiger partial charge < -0.3 is 4.98 Å². The maximum Gasteiger partial charge on any atom is 0.197 e. The fraction of sp³-hybridized carbons (Fsp3) is 0.350. The number of hydrogen-bond acceptors (Lipinski definition) is 1. The molecular formula is C20H23NO. The number of nitrogens with one attached hydrogen (secondary N) is 1. The molecule has 114 valence electrons. The van der Waals surface area contributed by atoms with Gasteiger partial charge in [-0.25, -0.2) is 0 Å². The Labute approximate surface area is 131 Å². The summed E-state index contributed by atoms with van der Waals surface area (Å²) in [6.45, 7) is 2.24. The standard InChI is InChI=1S/C20H23NO/c1-2-3-4-5-6-9-15-12-13-19-17(14-15)20(22)16-10-7-8-11-18(16)21-19/h7-8,10-14H,2-6,9H2,1H3,(H,21,22). The zero-order valence-electron chi connectivity index (χ0n) is 13.2. The fourth-order valence-electron chi connectivity index (χ4n) is 3.06. The van der Waals surface area contributed by atoms with E-state index in [2.05, 4.69) is 24.0 Å². The zero-order valence-corrected chi connectivity index (χ0v) is 13.2. The van der Waals surface area contributed by atoms with Gasteiger partial charge in [0.25, 0.3) is 0 Å². The summed E-state index contributed by atoms with van der Waals surface area (Å²) in [6, 6.07) is 14.0. The Kier molecular flexibility index (Phi) is 4.57. The summed E-state index contributed by atoms with van der Waals surface area (Å²) in [4.78, 5) is 16.0. The average Bonchev–Trinajstić information content (AvgIpc) is 2.55. The van der Waals surface area contributed by atoms with Crippen LogP contribution in [0.1, 0.15) is 44.6 Å². The van der Waals surface area contributed by atoms with Crippen LogP contribution in [0.25, 0.3) is 21.8 Å². The molecule has 3 rings (SSSR count). The first-order chi connectivity index (χ1) is 10.8. The second kappa shape index (κ2) is 6.78. The molecule has 2 heteroatoms. The van der Waals surface area contributed by atoms with Crippen molar-refractivity contribution in [2.24, 2.45) is 0 Å². The van der Waals surface area contributed by atoms with E-state index in [1.165, 1.54) is 37.7 Å². The number of aromatic amines is 1. The summed E-state index contributed by atoms with van der Waals surface area (Å²) in [5, 5.41) is 1.58. The van der Waals surface area contributed by atoms with Crippen LogP contribution >= 0.6 is 0 Å². The highest BCUT2D eigenvalue weighted by Gasteiger charge is 2.05. The Morgan fingerprint density at radius 3 is 2.50 bits per heavy atom. The van der Waals surface area contributed by atoms with Crippen LogP contribution in [-0.4, -0.2) is 4.98 Å². The van der Waals surface area contributed by atoms with E-state index in [1.54, 1.807) is 0 Å². The summed E-state index contributed by atoms with van der Waals surface area (Å²) in [5.74, 6) is 0. The second-order valence-corrected chi connectivity index (χ2v) is 6.04. The number of aromatic nitrogens is 1. The zero-order chi connectivity index (χ0) is 15.4. The minimum Gasteiger partial charge on any atom is -0.354 e. The van der Waals surface area contributed by atoms with Crippen LogP contribution in [0.5, 0.6) is 0 Å². The molecule has 2 nitrogen and oxygen atoms in total. The molecule has 1 heterocycles. The lowest BCUT2D eigenvalue weighted by Crippen LogP contribution is -2.04. The van der Waals surface area contributed by atoms with E-state index in [0.29, 0.717) is 0 Å². The van der Waals surface area contributed by atoms with Crippen LogP contribution in [0.3, 0.4) is 0 Å². The molecule has 0 saturated heterocycles. The van der Waals surface area contributed by atoms with Crippen LogP contribution in [0.15, 0.2) is 47.3 Å². The Balaban J connectivity index is 1.87. The number of unbranched alkanes of at least 4 members (excludes halogenated alkanes) is 4. The van der Waals surface area contributed by atoms with Gasteiger partial charge >= 0.3 is 0 Å². The van der Waals surface area contributed by atoms with Gasteiger partial charge in [-0.2, -0.15) is 0 Å². The number of hydrogen-bond donors (Lipinski definition) is 1. The minimum atomic E-state index is 0.136. The largest absolute Gasteiger partial charge is 0.354 e. The lowest BCUT2D eigenvalue weighted by atomic mass is 10.0. The Morgan fingerprint density at radius 2 is 1.64 bits per heavy atom. The normalized spacial score (nSPS) is 11.3. The van der Waals surface area contributed by atoms with Gasteiger partial charge in [-0.15, -0.1) is 0 Å². The predicted molar refractivity (Wildman–Crippen MR) is 94.5 cm³/mol. The molecule has 0 spiro atoms. The van der Waals surface area contributed by atoms with Gasteiger partial charge in [0.1, 0.15) is 0 Å². The van der Waals surface area contributed by atoms with Crippen molar-refractivity contribution in [1.29, 1.82) is 0 Å². The van der Waals surface area contributed by atoms with Crippen LogP contribution in [0, 0.1) is 0 Å². The molecule has 0 aliphatic heterocycles. The Bertz CT molecular complexity index is 832. The molecule has 0 aliphatic rings. The van der Waals surface area contributed by atoms with Crippen molar-refractivity contribution in [3.8, 4) is 0 Å². The number of aryl methyl sites for hydroxylation is 1. The third-order valence-corrected chi connectivity index (χ3v) is 4.34. The predicted octanol–water partition coefficient (Wildman–Crippen LogP) is 5.19. The van der Waals surface area contributed by atoms with E-state index in [0.717, 1.165) is 28.2 Å². The summed E-state index contributed by atoms with van der Waals surface area (Å²) >= 11 is 0. The van der Waals surface area contributed by atoms with Gasteiger partial charge in [0.2, 0.25) is 0 Å². The first-order valence-electron chi connectivity index (χ1n) is 8.33. The van der Waals surface area contributed by atoms with Crippen molar-refractivity contribution in [2.45, 2.75) is 45.4 Å². The molecule has 0 bridgehead atoms. The van der Waals surface area contributed by atoms with Gasteiger partial charge in [-0.05, 0) is 42.7 Å². The molecule has 0 radical (unpaired) electrons. The van der Waals surface area contributed by atoms with Gasteiger partial charge in [0, 0.05) is 21.8 Å². The molecule has 0 saturated carbocycles. The van der Waals surface area contributed by atoms with Gasteiger partial charge in [0.05, 0.1) is 0 Å². The number of benzene rings is 2. The fourth-order valence-corrected chi connectivity index (χ4v) is 3.06. The van der Waals surface area contributed by atoms with Crippen molar-refractivity contribution in [1.82, 2.24) is 4.98 Å². The van der Waals surface area contributed by atoms with Crippen LogP contribution in [0.4, 0.5) is 0 Å². The highest BCUT2D eigenvalue weighted by molar-refractivity contribution is 5.92. The molecule has 0 aliphatic carbocycles. The molecule has 1 N–H and O–H groups in total. The SMILES string of the molecule is CCCCCCCc1ccc2[nH]c3ccccc3c(=O)c2c1. The van der Waals surface area contributed by atoms with Crippen molar-refractivity contribution < 1.29 is 0 Å². The molecule has 0 fully saturated rings. The van der Waals surface area contributed by atoms with Crippen molar-refractivity contribution in [3.05, 3.63) is 58.3 Å². The number of H-pyrrole nitrogens is 1. The highest BCUT2D eigenvalue weighted by Crippen LogP contribution is 2.17. The first-order valence-corrected chi connectivity index (χ1v) is 8.33. The third kappa shape index (κ3) is 3.06. The van der Waals surface area contributed by atoms with Crippen molar-refractivity contribution >= 4 is 21.8 Å². The third-order valence-electron chi connectivity index (χ3n) is 4.34. The van der Waals surface area contributed by atoms with Crippen LogP contribution < -0.4 is 5.43 Å². The minimum absolute atomic E-state index is 0.136. The van der Waals surface area contributed by atoms with Crippen molar-refractivity contribution in [3.63, 3.8) is 0 Å². The van der Waals surface area contributed by atoms with E-state index in [-0.39, 0.29) is 5.43 Å². The van der Waals surface area contributed by atoms with E-state index in [1.807, 2.05) is 30.3 Å². The maximum absolute atomic E-state index is 12.6. The van der Waals surface area contributed by atoms with Gasteiger partial charge in [0.15, 0.2) is 5.43 Å². The van der Waals surface area contributed by atoms with Crippen LogP contribution in [0.2, 0.25) is 0 Å². The van der Waals surface area contributed by atoms with E-state index < -0.39 is 0 Å². The number of para-hydroxylation sites is 1. The topological polar surface area (TPSA) is 32.9 Å². The molecule has 0 amide bonds. The smallest absolute Gasteiger partial charge is 0.197 e. The quantitative estimate of drug-likeness (QED) is 0.492. The van der Waals surface area contributed by atoms with Gasteiger partial charge in [-0.1, -0.05) is 50.8 Å². The monoisotopic (exact) mass is 293 g/mol. The molecule has 1 aromatic heterocycles. The van der Waals surface area contributed by atoms with E-state index >= 15 is 0 Å². The molecular weight excluding hydrogens is 270 g/mol. The molecule has 3 aromatic rings. The average molecular weight is 293 g/mol. The maximum atomic E-state index is 12.6. The molecule has 2 aromatic carbocycles. The second-order valence-electron chi connectivity index (χ2n) is 6.04. The lowest BCUT2D eigenvalue weighted by Gasteiger charge is -2.06. The molecule has 22 heavy (non-hydrogen) atoms. The molecule has 0 atom stereocenters. The molecule has 0 unspecified atom stereocenters. The van der Waals surface area contributed by atoms with E-state index in [9.17, 15) is 4.79 Å². The number of pyridine rings is 1.